The summed E-state index contributed by atoms with van der Waals surface area (Å²) in [5, 5.41) is 0.950. The first kappa shape index (κ1) is 15.4. The van der Waals surface area contributed by atoms with Crippen LogP contribution in [0.1, 0.15) is 31.2 Å². The minimum atomic E-state index is -0.473. The van der Waals surface area contributed by atoms with Crippen LogP contribution in [0, 0.1) is 5.92 Å². The SMILES string of the molecule is CCC1CCN(C(=O)[C@@H](N)Cc2nc3ccccc3s2)CC1. The first-order valence-electron chi connectivity index (χ1n) is 8.06. The smallest absolute Gasteiger partial charge is 0.239 e. The topological polar surface area (TPSA) is 59.2 Å². The number of hydrogen-bond acceptors (Lipinski definition) is 4. The predicted octanol–water partition coefficient (Wildman–Crippen LogP) is 2.81. The number of hydrogen-bond donors (Lipinski definition) is 1. The van der Waals surface area contributed by atoms with E-state index >= 15 is 0 Å². The van der Waals surface area contributed by atoms with Crippen molar-refractivity contribution in [2.75, 3.05) is 13.1 Å². The third-order valence-corrected chi connectivity index (χ3v) is 5.61. The summed E-state index contributed by atoms with van der Waals surface area (Å²) < 4.78 is 1.15. The fraction of sp³-hybridized carbons (Fsp3) is 0.529. The van der Waals surface area contributed by atoms with Gasteiger partial charge in [0.15, 0.2) is 0 Å². The van der Waals surface area contributed by atoms with Gasteiger partial charge in [-0.1, -0.05) is 25.5 Å². The number of carbonyl (C=O) groups is 1. The Bertz CT molecular complexity index is 613. The normalized spacial score (nSPS) is 17.8. The standard InChI is InChI=1S/C17H23N3OS/c1-2-12-7-9-20(10-8-12)17(21)13(18)11-16-19-14-5-3-4-6-15(14)22-16/h3-6,12-13H,2,7-11,18H2,1H3/t13-/m0/s1. The van der Waals surface area contributed by atoms with Crippen molar-refractivity contribution in [1.82, 2.24) is 9.88 Å². The van der Waals surface area contributed by atoms with Gasteiger partial charge in [-0.25, -0.2) is 4.98 Å². The molecule has 118 valence electrons. The zero-order valence-electron chi connectivity index (χ0n) is 13.0. The number of benzene rings is 1. The Morgan fingerprint density at radius 1 is 1.41 bits per heavy atom. The molecule has 4 nitrogen and oxygen atoms in total. The average Bonchev–Trinajstić information content (AvgIpc) is 2.96. The number of nitrogens with two attached hydrogens (primary N) is 1. The van der Waals surface area contributed by atoms with Crippen LogP contribution in [0.25, 0.3) is 10.2 Å². The van der Waals surface area contributed by atoms with Gasteiger partial charge in [0, 0.05) is 19.5 Å². The molecule has 5 heteroatoms. The van der Waals surface area contributed by atoms with E-state index in [0.29, 0.717) is 6.42 Å². The highest BCUT2D eigenvalue weighted by Gasteiger charge is 2.26. The third kappa shape index (κ3) is 3.31. The van der Waals surface area contributed by atoms with Crippen LogP contribution in [-0.4, -0.2) is 34.9 Å². The Kier molecular flexibility index (Phi) is 4.74. The van der Waals surface area contributed by atoms with E-state index < -0.39 is 6.04 Å². The Balaban J connectivity index is 1.61. The fourth-order valence-corrected chi connectivity index (χ4v) is 4.10. The molecule has 0 radical (unpaired) electrons. The van der Waals surface area contributed by atoms with Crippen molar-refractivity contribution >= 4 is 27.5 Å². The molecule has 1 aliphatic heterocycles. The molecule has 0 saturated carbocycles. The summed E-state index contributed by atoms with van der Waals surface area (Å²) in [4.78, 5) is 19.0. The first-order valence-corrected chi connectivity index (χ1v) is 8.88. The lowest BCUT2D eigenvalue weighted by Gasteiger charge is -2.33. The van der Waals surface area contributed by atoms with Gasteiger partial charge in [0.25, 0.3) is 0 Å². The molecule has 0 aliphatic carbocycles. The molecule has 1 aliphatic rings. The Labute approximate surface area is 135 Å². The maximum Gasteiger partial charge on any atom is 0.239 e. The molecule has 2 aromatic rings. The first-order chi connectivity index (χ1) is 10.7. The van der Waals surface area contributed by atoms with E-state index in [9.17, 15) is 4.79 Å². The second-order valence-corrected chi connectivity index (χ2v) is 7.18. The molecule has 1 aromatic heterocycles. The summed E-state index contributed by atoms with van der Waals surface area (Å²) in [6.07, 6.45) is 3.96. The van der Waals surface area contributed by atoms with Gasteiger partial charge >= 0.3 is 0 Å². The van der Waals surface area contributed by atoms with Crippen LogP contribution >= 0.6 is 11.3 Å². The highest BCUT2D eigenvalue weighted by atomic mass is 32.1. The van der Waals surface area contributed by atoms with E-state index in [4.69, 9.17) is 5.73 Å². The minimum Gasteiger partial charge on any atom is -0.341 e. The maximum absolute atomic E-state index is 12.5. The van der Waals surface area contributed by atoms with Gasteiger partial charge in [0.2, 0.25) is 5.91 Å². The molecule has 2 heterocycles. The van der Waals surface area contributed by atoms with E-state index in [-0.39, 0.29) is 5.91 Å². The predicted molar refractivity (Wildman–Crippen MR) is 90.9 cm³/mol. The van der Waals surface area contributed by atoms with Crippen molar-refractivity contribution in [2.24, 2.45) is 11.7 Å². The highest BCUT2D eigenvalue weighted by Crippen LogP contribution is 2.23. The lowest BCUT2D eigenvalue weighted by molar-refractivity contribution is -0.134. The van der Waals surface area contributed by atoms with Gasteiger partial charge < -0.3 is 10.6 Å². The number of aromatic nitrogens is 1. The molecule has 1 fully saturated rings. The van der Waals surface area contributed by atoms with Crippen LogP contribution in [0.5, 0.6) is 0 Å². The fourth-order valence-electron chi connectivity index (χ4n) is 3.08. The van der Waals surface area contributed by atoms with Crippen LogP contribution < -0.4 is 5.73 Å². The van der Waals surface area contributed by atoms with E-state index in [1.165, 1.54) is 6.42 Å². The van der Waals surface area contributed by atoms with Gasteiger partial charge in [-0.2, -0.15) is 0 Å². The largest absolute Gasteiger partial charge is 0.341 e. The number of fused-ring (bicyclic) bond motifs is 1. The number of carbonyl (C=O) groups excluding carboxylic acids is 1. The monoisotopic (exact) mass is 317 g/mol. The van der Waals surface area contributed by atoms with Crippen molar-refractivity contribution in [3.63, 3.8) is 0 Å². The van der Waals surface area contributed by atoms with Crippen LogP contribution in [0.3, 0.4) is 0 Å². The second kappa shape index (κ2) is 6.75. The summed E-state index contributed by atoms with van der Waals surface area (Å²) >= 11 is 1.63. The van der Waals surface area contributed by atoms with E-state index in [1.54, 1.807) is 11.3 Å². The van der Waals surface area contributed by atoms with Crippen LogP contribution in [-0.2, 0) is 11.2 Å². The quantitative estimate of drug-likeness (QED) is 0.943. The zero-order chi connectivity index (χ0) is 15.5. The third-order valence-electron chi connectivity index (χ3n) is 4.55. The van der Waals surface area contributed by atoms with Crippen molar-refractivity contribution in [1.29, 1.82) is 0 Å². The minimum absolute atomic E-state index is 0.0776. The van der Waals surface area contributed by atoms with Gasteiger partial charge in [-0.15, -0.1) is 11.3 Å². The molecule has 22 heavy (non-hydrogen) atoms. The molecule has 1 saturated heterocycles. The molecule has 3 rings (SSSR count). The molecule has 1 atom stereocenters. The van der Waals surface area contributed by atoms with E-state index in [1.807, 2.05) is 23.1 Å². The number of para-hydroxylation sites is 1. The lowest BCUT2D eigenvalue weighted by atomic mass is 9.94. The summed E-state index contributed by atoms with van der Waals surface area (Å²) in [6, 6.07) is 7.57. The molecule has 0 spiro atoms. The summed E-state index contributed by atoms with van der Waals surface area (Å²) in [7, 11) is 0. The van der Waals surface area contributed by atoms with Gasteiger partial charge in [-0.3, -0.25) is 4.79 Å². The number of nitrogens with zero attached hydrogens (tertiary/aromatic N) is 2. The van der Waals surface area contributed by atoms with Crippen molar-refractivity contribution in [3.05, 3.63) is 29.3 Å². The molecule has 1 aromatic carbocycles. The molecule has 0 unspecified atom stereocenters. The van der Waals surface area contributed by atoms with Gasteiger partial charge in [-0.05, 0) is 30.9 Å². The lowest BCUT2D eigenvalue weighted by Crippen LogP contribution is -2.48. The average molecular weight is 317 g/mol. The summed E-state index contributed by atoms with van der Waals surface area (Å²) in [5.74, 6) is 0.846. The van der Waals surface area contributed by atoms with Gasteiger partial charge in [0.05, 0.1) is 21.3 Å². The number of thiazole rings is 1. The molecule has 0 bridgehead atoms. The van der Waals surface area contributed by atoms with E-state index in [2.05, 4.69) is 18.0 Å². The Morgan fingerprint density at radius 3 is 2.82 bits per heavy atom. The van der Waals surface area contributed by atoms with Gasteiger partial charge in [0.1, 0.15) is 0 Å². The van der Waals surface area contributed by atoms with Crippen molar-refractivity contribution in [3.8, 4) is 0 Å². The molecule has 2 N–H and O–H groups in total. The van der Waals surface area contributed by atoms with Crippen molar-refractivity contribution in [2.45, 2.75) is 38.6 Å². The Hall–Kier alpha value is -1.46. The zero-order valence-corrected chi connectivity index (χ0v) is 13.8. The second-order valence-electron chi connectivity index (χ2n) is 6.06. The Morgan fingerprint density at radius 2 is 2.14 bits per heavy atom. The number of rotatable bonds is 4. The molecule has 1 amide bonds. The van der Waals surface area contributed by atoms with E-state index in [0.717, 1.165) is 47.1 Å². The summed E-state index contributed by atoms with van der Waals surface area (Å²) in [6.45, 7) is 3.93. The highest BCUT2D eigenvalue weighted by molar-refractivity contribution is 7.18. The van der Waals surface area contributed by atoms with Crippen LogP contribution in [0.15, 0.2) is 24.3 Å². The van der Waals surface area contributed by atoms with Crippen LogP contribution in [0.4, 0.5) is 0 Å². The maximum atomic E-state index is 12.5. The van der Waals surface area contributed by atoms with Crippen molar-refractivity contribution < 1.29 is 4.79 Å². The molecular formula is C17H23N3OS. The summed E-state index contributed by atoms with van der Waals surface area (Å²) in [5.41, 5.74) is 7.14. The number of amides is 1. The number of piperidine rings is 1. The molecular weight excluding hydrogens is 294 g/mol. The number of likely N-dealkylation sites (tertiary alicyclic amines) is 1. The van der Waals surface area contributed by atoms with Crippen LogP contribution in [0.2, 0.25) is 0 Å².